The summed E-state index contributed by atoms with van der Waals surface area (Å²) in [4.78, 5) is 24.3. The van der Waals surface area contributed by atoms with Crippen molar-refractivity contribution in [3.63, 3.8) is 0 Å². The highest BCUT2D eigenvalue weighted by atomic mass is 16.6. The summed E-state index contributed by atoms with van der Waals surface area (Å²) in [6, 6.07) is 0. The lowest BCUT2D eigenvalue weighted by Gasteiger charge is -2.15. The summed E-state index contributed by atoms with van der Waals surface area (Å²) in [5.41, 5.74) is 0. The van der Waals surface area contributed by atoms with Crippen molar-refractivity contribution in [1.82, 2.24) is 0 Å². The van der Waals surface area contributed by atoms with E-state index in [-0.39, 0.29) is 25.2 Å². The number of rotatable bonds is 36. The summed E-state index contributed by atoms with van der Waals surface area (Å²) in [6.45, 7) is 3.98. The summed E-state index contributed by atoms with van der Waals surface area (Å²) in [5, 5.41) is 9.56. The molecule has 0 aliphatic rings. The highest BCUT2D eigenvalue weighted by Gasteiger charge is 2.16. The first-order valence-corrected chi connectivity index (χ1v) is 20.5. The number of unbranched alkanes of at least 4 members (excludes halogenated alkanes) is 16. The molecule has 0 amide bonds. The van der Waals surface area contributed by atoms with E-state index >= 15 is 0 Å². The minimum Gasteiger partial charge on any atom is -0.462 e. The number of aliphatic hydroxyl groups excluding tert-OH is 1. The fourth-order valence-electron chi connectivity index (χ4n) is 5.40. The predicted octanol–water partition coefficient (Wildman–Crippen LogP) is 13.0. The van der Waals surface area contributed by atoms with Crippen LogP contribution in [0.4, 0.5) is 0 Å². The van der Waals surface area contributed by atoms with Gasteiger partial charge in [0.2, 0.25) is 0 Å². The number of esters is 2. The van der Waals surface area contributed by atoms with Crippen LogP contribution in [0.15, 0.2) is 72.9 Å². The number of aliphatic hydroxyl groups is 1. The van der Waals surface area contributed by atoms with E-state index in [9.17, 15) is 14.7 Å². The first-order chi connectivity index (χ1) is 24.6. The number of carbonyl (C=O) groups is 2. The minimum absolute atomic E-state index is 0.0848. The van der Waals surface area contributed by atoms with Gasteiger partial charge in [-0.1, -0.05) is 157 Å². The lowest BCUT2D eigenvalue weighted by Crippen LogP contribution is -2.28. The Kier molecular flexibility index (Phi) is 38.6. The summed E-state index contributed by atoms with van der Waals surface area (Å²) in [5.74, 6) is -0.638. The average Bonchev–Trinajstić information content (AvgIpc) is 3.12. The van der Waals surface area contributed by atoms with E-state index in [1.54, 1.807) is 0 Å². The van der Waals surface area contributed by atoms with E-state index in [2.05, 4.69) is 86.8 Å². The summed E-state index contributed by atoms with van der Waals surface area (Å²) < 4.78 is 10.6. The number of hydrogen-bond acceptors (Lipinski definition) is 5. The summed E-state index contributed by atoms with van der Waals surface area (Å²) in [6.07, 6.45) is 53.9. The standard InChI is InChI=1S/C45H76O5/c1-3-5-7-9-11-13-15-17-19-21-22-24-26-28-30-32-34-36-38-40-45(48)50-43(41-46)42-49-44(47)39-37-35-33-31-29-27-25-23-20-18-16-14-12-10-8-6-4-2/h5,7,11,13,17-20,22,24,28,30,43,46H,3-4,6,8-10,12,14-16,21,23,25-27,29,31-42H2,1-2H3/b7-5-,13-11-,19-17-,20-18-,24-22-,30-28-/t43-/m0/s1. The van der Waals surface area contributed by atoms with Crippen molar-refractivity contribution in [3.05, 3.63) is 72.9 Å². The van der Waals surface area contributed by atoms with Crippen LogP contribution in [-0.4, -0.2) is 36.4 Å². The van der Waals surface area contributed by atoms with Gasteiger partial charge >= 0.3 is 11.9 Å². The zero-order valence-electron chi connectivity index (χ0n) is 32.4. The second kappa shape index (κ2) is 40.8. The first kappa shape index (κ1) is 47.3. The molecule has 0 aliphatic carbocycles. The van der Waals surface area contributed by atoms with Gasteiger partial charge in [0.25, 0.3) is 0 Å². The molecule has 0 radical (unpaired) electrons. The Morgan fingerprint density at radius 1 is 0.480 bits per heavy atom. The molecule has 0 saturated heterocycles. The molecule has 0 fully saturated rings. The van der Waals surface area contributed by atoms with Gasteiger partial charge in [-0.2, -0.15) is 0 Å². The van der Waals surface area contributed by atoms with E-state index in [1.807, 2.05) is 0 Å². The normalized spacial score (nSPS) is 12.9. The van der Waals surface area contributed by atoms with Crippen molar-refractivity contribution in [3.8, 4) is 0 Å². The van der Waals surface area contributed by atoms with E-state index in [4.69, 9.17) is 9.47 Å². The van der Waals surface area contributed by atoms with Crippen molar-refractivity contribution < 1.29 is 24.2 Å². The maximum Gasteiger partial charge on any atom is 0.306 e. The van der Waals surface area contributed by atoms with E-state index in [1.165, 1.54) is 77.0 Å². The molecule has 0 aromatic carbocycles. The SMILES string of the molecule is CC/C=C\C/C=C\C/C=C\C/C=C\C/C=C\CCCCCC(=O)O[C@@H](CO)COC(=O)CCCCCCCCC/C=C\CCCCCCCC. The second-order valence-corrected chi connectivity index (χ2v) is 13.3. The maximum absolute atomic E-state index is 12.2. The fourth-order valence-corrected chi connectivity index (χ4v) is 5.40. The molecule has 5 nitrogen and oxygen atoms in total. The van der Waals surface area contributed by atoms with Crippen LogP contribution < -0.4 is 0 Å². The molecule has 0 spiro atoms. The third kappa shape index (κ3) is 38.1. The molecule has 286 valence electrons. The van der Waals surface area contributed by atoms with Crippen molar-refractivity contribution in [2.24, 2.45) is 0 Å². The largest absolute Gasteiger partial charge is 0.462 e. The van der Waals surface area contributed by atoms with Crippen LogP contribution >= 0.6 is 0 Å². The van der Waals surface area contributed by atoms with Gasteiger partial charge in [-0.05, 0) is 83.5 Å². The second-order valence-electron chi connectivity index (χ2n) is 13.3. The molecule has 0 unspecified atom stereocenters. The molecule has 50 heavy (non-hydrogen) atoms. The Balaban J connectivity index is 3.65. The molecule has 0 aromatic rings. The van der Waals surface area contributed by atoms with Crippen molar-refractivity contribution in [1.29, 1.82) is 0 Å². The van der Waals surface area contributed by atoms with E-state index in [0.29, 0.717) is 12.8 Å². The van der Waals surface area contributed by atoms with Gasteiger partial charge in [0, 0.05) is 12.8 Å². The van der Waals surface area contributed by atoms with E-state index < -0.39 is 6.10 Å². The number of ether oxygens (including phenoxy) is 2. The van der Waals surface area contributed by atoms with Crippen LogP contribution in [0, 0.1) is 0 Å². The fraction of sp³-hybridized carbons (Fsp3) is 0.689. The Bertz CT molecular complexity index is 926. The third-order valence-electron chi connectivity index (χ3n) is 8.48. The Hall–Kier alpha value is -2.66. The smallest absolute Gasteiger partial charge is 0.306 e. The molecular weight excluding hydrogens is 620 g/mol. The quantitative estimate of drug-likeness (QED) is 0.0401. The van der Waals surface area contributed by atoms with Gasteiger partial charge in [-0.25, -0.2) is 0 Å². The van der Waals surface area contributed by atoms with Gasteiger partial charge < -0.3 is 14.6 Å². The van der Waals surface area contributed by atoms with Crippen LogP contribution in [0.5, 0.6) is 0 Å². The monoisotopic (exact) mass is 697 g/mol. The minimum atomic E-state index is -0.793. The van der Waals surface area contributed by atoms with Crippen molar-refractivity contribution >= 4 is 11.9 Å². The lowest BCUT2D eigenvalue weighted by atomic mass is 10.1. The zero-order valence-corrected chi connectivity index (χ0v) is 32.4. The van der Waals surface area contributed by atoms with Gasteiger partial charge in [0.1, 0.15) is 6.61 Å². The Morgan fingerprint density at radius 3 is 1.34 bits per heavy atom. The van der Waals surface area contributed by atoms with Gasteiger partial charge in [-0.15, -0.1) is 0 Å². The molecule has 0 saturated carbocycles. The van der Waals surface area contributed by atoms with Crippen molar-refractivity contribution in [2.45, 2.75) is 187 Å². The van der Waals surface area contributed by atoms with Crippen LogP contribution in [0.1, 0.15) is 181 Å². The highest BCUT2D eigenvalue weighted by Crippen LogP contribution is 2.12. The summed E-state index contributed by atoms with van der Waals surface area (Å²) >= 11 is 0. The van der Waals surface area contributed by atoms with Gasteiger partial charge in [0.15, 0.2) is 6.10 Å². The van der Waals surface area contributed by atoms with Crippen molar-refractivity contribution in [2.75, 3.05) is 13.2 Å². The topological polar surface area (TPSA) is 72.8 Å². The number of hydrogen-bond donors (Lipinski definition) is 1. The number of carbonyl (C=O) groups excluding carboxylic acids is 2. The Labute approximate surface area is 308 Å². The molecule has 1 N–H and O–H groups in total. The average molecular weight is 697 g/mol. The molecule has 0 aliphatic heterocycles. The highest BCUT2D eigenvalue weighted by molar-refractivity contribution is 5.70. The Morgan fingerprint density at radius 2 is 0.860 bits per heavy atom. The molecular formula is C45H76O5. The zero-order chi connectivity index (χ0) is 36.4. The van der Waals surface area contributed by atoms with Crippen LogP contribution in [0.2, 0.25) is 0 Å². The molecule has 0 heterocycles. The van der Waals surface area contributed by atoms with Crippen LogP contribution in [0.25, 0.3) is 0 Å². The molecule has 1 atom stereocenters. The molecule has 0 aromatic heterocycles. The molecule has 0 bridgehead atoms. The van der Waals surface area contributed by atoms with Crippen LogP contribution in [-0.2, 0) is 19.1 Å². The predicted molar refractivity (Wildman–Crippen MR) is 214 cm³/mol. The molecule has 0 rings (SSSR count). The summed E-state index contributed by atoms with van der Waals surface area (Å²) in [7, 11) is 0. The van der Waals surface area contributed by atoms with E-state index in [0.717, 1.165) is 77.0 Å². The van der Waals surface area contributed by atoms with Crippen LogP contribution in [0.3, 0.4) is 0 Å². The number of allylic oxidation sites excluding steroid dienone is 12. The molecule has 5 heteroatoms. The first-order valence-electron chi connectivity index (χ1n) is 20.5. The lowest BCUT2D eigenvalue weighted by molar-refractivity contribution is -0.161. The van der Waals surface area contributed by atoms with Gasteiger partial charge in [-0.3, -0.25) is 9.59 Å². The third-order valence-corrected chi connectivity index (χ3v) is 8.48. The maximum atomic E-state index is 12.2. The van der Waals surface area contributed by atoms with Gasteiger partial charge in [0.05, 0.1) is 6.61 Å².